The molecular weight excluding hydrogens is 811 g/mol. The SMILES string of the molecule is C[C@@H]1CCC(=O)NCCCCNC(=O)CC[C@@H](C)[C@H]2CC[C@H]3[C@@H]4[C@@H](O)C[C@@H]5CC[C@@H](C[C@]5(C)[C@H]4CC[C@]23C)n2cc(nn2)CO[C@H]2CC[C@H]3C[C@H](O)[C@@H]4[C@H](CC[C@]5(C)[C@@H]1CC[C@@H]45)[C@@]3(C)C2. The topological polar surface area (TPSA) is 139 Å². The van der Waals surface area contributed by atoms with Gasteiger partial charge in [0.05, 0.1) is 37.2 Å². The summed E-state index contributed by atoms with van der Waals surface area (Å²) in [5.41, 5.74) is 1.71. The lowest BCUT2D eigenvalue weighted by Gasteiger charge is -2.62. The van der Waals surface area contributed by atoms with Gasteiger partial charge < -0.3 is 25.6 Å². The van der Waals surface area contributed by atoms with Crippen molar-refractivity contribution in [1.82, 2.24) is 25.6 Å². The van der Waals surface area contributed by atoms with Crippen molar-refractivity contribution in [3.8, 4) is 0 Å². The number of aliphatic hydroxyl groups is 2. The highest BCUT2D eigenvalue weighted by Crippen LogP contribution is 2.70. The third kappa shape index (κ3) is 8.19. The molecule has 0 unspecified atom stereocenters. The second kappa shape index (κ2) is 18.0. The first-order valence-corrected chi connectivity index (χ1v) is 27.5. The van der Waals surface area contributed by atoms with Gasteiger partial charge in [0.15, 0.2) is 0 Å². The maximum Gasteiger partial charge on any atom is 0.220 e. The van der Waals surface area contributed by atoms with Crippen LogP contribution in [0.2, 0.25) is 0 Å². The number of nitrogens with zero attached hydrogens (tertiary/aromatic N) is 3. The van der Waals surface area contributed by atoms with Gasteiger partial charge in [0.25, 0.3) is 0 Å². The van der Waals surface area contributed by atoms with Crippen molar-refractivity contribution in [2.75, 3.05) is 13.1 Å². The first kappa shape index (κ1) is 46.7. The molecule has 16 bridgehead atoms. The molecule has 1 aromatic rings. The second-order valence-corrected chi connectivity index (χ2v) is 25.8. The lowest BCUT2D eigenvalue weighted by atomic mass is 9.43. The van der Waals surface area contributed by atoms with Gasteiger partial charge in [-0.25, -0.2) is 4.68 Å². The van der Waals surface area contributed by atoms with Crippen LogP contribution in [0.4, 0.5) is 0 Å². The molecule has 0 spiro atoms. The number of amides is 2. The maximum absolute atomic E-state index is 13.1. The van der Waals surface area contributed by atoms with Crippen LogP contribution in [0.3, 0.4) is 0 Å². The van der Waals surface area contributed by atoms with E-state index in [9.17, 15) is 19.8 Å². The molecular formula is C55H89N5O5. The van der Waals surface area contributed by atoms with Gasteiger partial charge in [0.1, 0.15) is 5.69 Å². The van der Waals surface area contributed by atoms with Crippen molar-refractivity contribution in [2.24, 2.45) is 92.7 Å². The van der Waals surface area contributed by atoms with Gasteiger partial charge in [-0.1, -0.05) is 46.8 Å². The third-order valence-corrected chi connectivity index (χ3v) is 23.0. The van der Waals surface area contributed by atoms with E-state index in [1.807, 2.05) is 0 Å². The number of hydrogen-bond acceptors (Lipinski definition) is 7. The number of aliphatic hydroxyl groups excluding tert-OH is 2. The molecule has 20 atom stereocenters. The summed E-state index contributed by atoms with van der Waals surface area (Å²) in [6, 6.07) is 0.325. The maximum atomic E-state index is 13.1. The molecule has 4 N–H and O–H groups in total. The van der Waals surface area contributed by atoms with Crippen LogP contribution in [0.15, 0.2) is 6.20 Å². The van der Waals surface area contributed by atoms with E-state index in [0.29, 0.717) is 110 Å². The minimum Gasteiger partial charge on any atom is -0.393 e. The zero-order valence-electron chi connectivity index (χ0n) is 41.5. The molecule has 10 nitrogen and oxygen atoms in total. The summed E-state index contributed by atoms with van der Waals surface area (Å²) in [5.74, 6) is 6.37. The van der Waals surface area contributed by atoms with Crippen LogP contribution in [0.1, 0.15) is 195 Å². The number of aromatic nitrogens is 3. The monoisotopic (exact) mass is 900 g/mol. The molecule has 12 rings (SSSR count). The molecule has 2 amide bonds. The van der Waals surface area contributed by atoms with E-state index in [2.05, 4.69) is 63.1 Å². The van der Waals surface area contributed by atoms with E-state index < -0.39 is 0 Å². The van der Waals surface area contributed by atoms with E-state index >= 15 is 0 Å². The van der Waals surface area contributed by atoms with E-state index in [4.69, 9.17) is 15.0 Å². The standard InChI is InChI=1S/C55H89N5O5/c1-33-9-19-48(63)56-25-7-8-26-57-49(64)20-10-34(2)41-16-18-43-51-45(22-24-53(41,43)4)55(6)30-39(14-12-36(55)28-47(51)62)65-32-37-31-60(59-58-37)38-13-11-35-27-46(61)50-42-17-15-40(33)52(42,3)23-21-44(50)54(35,5)29-38/h31,33-36,38-47,50-51,61-62H,7-30,32H2,1-6H3,(H,56,63)(H,57,64)/t33-,34-,35+,36+,38+,39+,40-,41-,42+,43+,44+,45+,46+,47+,50+,51+,52-,53-,54+,55+/m1/s1. The lowest BCUT2D eigenvalue weighted by molar-refractivity contribution is -0.182. The van der Waals surface area contributed by atoms with Crippen LogP contribution in [-0.2, 0) is 20.9 Å². The van der Waals surface area contributed by atoms with Crippen LogP contribution >= 0.6 is 0 Å². The summed E-state index contributed by atoms with van der Waals surface area (Å²) >= 11 is 0. The summed E-state index contributed by atoms with van der Waals surface area (Å²) in [6.07, 6.45) is 24.8. The fourth-order valence-corrected chi connectivity index (χ4v) is 19.6. The number of rotatable bonds is 0. The van der Waals surface area contributed by atoms with E-state index in [-0.39, 0.29) is 51.8 Å². The first-order valence-electron chi connectivity index (χ1n) is 27.5. The van der Waals surface area contributed by atoms with Gasteiger partial charge in [-0.05, 0) is 221 Å². The van der Waals surface area contributed by atoms with E-state index in [1.165, 1.54) is 51.4 Å². The Morgan fingerprint density at radius 2 is 1.11 bits per heavy atom. The Morgan fingerprint density at radius 1 is 0.615 bits per heavy atom. The Morgan fingerprint density at radius 3 is 1.66 bits per heavy atom. The average molecular weight is 900 g/mol. The van der Waals surface area contributed by atoms with Crippen molar-refractivity contribution >= 4 is 11.8 Å². The fourth-order valence-electron chi connectivity index (χ4n) is 19.6. The largest absolute Gasteiger partial charge is 0.393 e. The predicted molar refractivity (Wildman–Crippen MR) is 253 cm³/mol. The summed E-state index contributed by atoms with van der Waals surface area (Å²) in [7, 11) is 0. The molecule has 11 aliphatic rings. The van der Waals surface area contributed by atoms with Crippen LogP contribution < -0.4 is 10.6 Å². The third-order valence-electron chi connectivity index (χ3n) is 23.0. The van der Waals surface area contributed by atoms with Crippen molar-refractivity contribution in [2.45, 2.75) is 214 Å². The summed E-state index contributed by atoms with van der Waals surface area (Å²) in [5, 5.41) is 40.0. The predicted octanol–water partition coefficient (Wildman–Crippen LogP) is 9.82. The molecule has 8 fully saturated rings. The van der Waals surface area contributed by atoms with E-state index in [0.717, 1.165) is 82.7 Å². The average Bonchev–Trinajstić information content (AvgIpc) is 4.00. The number of carbonyl (C=O) groups excluding carboxylic acids is 2. The molecule has 10 heteroatoms. The quantitative estimate of drug-likeness (QED) is 0.204. The number of ether oxygens (including phenoxy) is 1. The zero-order valence-corrected chi connectivity index (χ0v) is 41.5. The molecule has 0 saturated heterocycles. The molecule has 1 aromatic heterocycles. The highest BCUT2D eigenvalue weighted by molar-refractivity contribution is 5.76. The molecule has 364 valence electrons. The Kier molecular flexibility index (Phi) is 13.0. The number of hydrogen-bond donors (Lipinski definition) is 4. The molecule has 8 saturated carbocycles. The highest BCUT2D eigenvalue weighted by atomic mass is 16.5. The van der Waals surface area contributed by atoms with Gasteiger partial charge in [0, 0.05) is 25.9 Å². The van der Waals surface area contributed by atoms with Crippen molar-refractivity contribution in [3.05, 3.63) is 11.9 Å². The van der Waals surface area contributed by atoms with Gasteiger partial charge >= 0.3 is 0 Å². The van der Waals surface area contributed by atoms with Crippen LogP contribution in [-0.4, -0.2) is 68.4 Å². The summed E-state index contributed by atoms with van der Waals surface area (Å²) in [6.45, 7) is 16.9. The normalized spacial score (nSPS) is 51.0. The Bertz CT molecular complexity index is 1870. The van der Waals surface area contributed by atoms with Crippen LogP contribution in [0.25, 0.3) is 0 Å². The minimum absolute atomic E-state index is 0.154. The minimum atomic E-state index is -0.220. The number of carbonyl (C=O) groups is 2. The van der Waals surface area contributed by atoms with Gasteiger partial charge in [-0.3, -0.25) is 9.59 Å². The summed E-state index contributed by atoms with van der Waals surface area (Å²) in [4.78, 5) is 26.2. The molecule has 4 heterocycles. The molecule has 0 radical (unpaired) electrons. The highest BCUT2D eigenvalue weighted by Gasteiger charge is 2.65. The van der Waals surface area contributed by atoms with Gasteiger partial charge in [-0.2, -0.15) is 0 Å². The van der Waals surface area contributed by atoms with E-state index in [1.54, 1.807) is 0 Å². The smallest absolute Gasteiger partial charge is 0.220 e. The number of nitrogens with one attached hydrogen (secondary N) is 2. The Balaban J connectivity index is 0.854. The van der Waals surface area contributed by atoms with Crippen LogP contribution in [0, 0.1) is 92.7 Å². The fraction of sp³-hybridized carbons (Fsp3) is 0.927. The van der Waals surface area contributed by atoms with Crippen LogP contribution in [0.5, 0.6) is 0 Å². The first-order chi connectivity index (χ1) is 31.1. The van der Waals surface area contributed by atoms with Crippen molar-refractivity contribution in [1.29, 1.82) is 0 Å². The Labute approximate surface area is 392 Å². The zero-order chi connectivity index (χ0) is 45.5. The van der Waals surface area contributed by atoms with Crippen molar-refractivity contribution in [3.63, 3.8) is 0 Å². The van der Waals surface area contributed by atoms with Gasteiger partial charge in [0.2, 0.25) is 11.8 Å². The molecule has 8 aliphatic carbocycles. The lowest BCUT2D eigenvalue weighted by Crippen LogP contribution is -2.59. The molecule has 0 aromatic carbocycles. The molecule has 65 heavy (non-hydrogen) atoms. The van der Waals surface area contributed by atoms with Crippen molar-refractivity contribution < 1.29 is 24.5 Å². The summed E-state index contributed by atoms with van der Waals surface area (Å²) < 4.78 is 9.05. The Hall–Kier alpha value is -2.04. The van der Waals surface area contributed by atoms with Gasteiger partial charge in [-0.15, -0.1) is 5.10 Å². The molecule has 3 aliphatic heterocycles. The second-order valence-electron chi connectivity index (χ2n) is 25.8.